The van der Waals surface area contributed by atoms with Crippen molar-refractivity contribution in [2.45, 2.75) is 4.90 Å². The van der Waals surface area contributed by atoms with Crippen LogP contribution in [0, 0.1) is 0 Å². The lowest BCUT2D eigenvalue weighted by molar-refractivity contribution is 0.684. The van der Waals surface area contributed by atoms with E-state index in [1.165, 1.54) is 17.7 Å². The quantitative estimate of drug-likeness (QED) is 0.670. The highest BCUT2D eigenvalue weighted by atomic mass is 32.2. The zero-order valence-electron chi connectivity index (χ0n) is 9.99. The molecule has 0 saturated heterocycles. The number of nitrogens with two attached hydrogens (primary N) is 1. The van der Waals surface area contributed by atoms with Gasteiger partial charge in [0, 0.05) is 5.69 Å². The Morgan fingerprint density at radius 3 is 2.70 bits per heavy atom. The fourth-order valence-corrected chi connectivity index (χ4v) is 2.85. The summed E-state index contributed by atoms with van der Waals surface area (Å²) in [6, 6.07) is 6.81. The number of aromatic amines is 1. The molecular formula is C11H9N5O2S2. The highest BCUT2D eigenvalue weighted by molar-refractivity contribution is 7.82. The van der Waals surface area contributed by atoms with Gasteiger partial charge in [0.25, 0.3) is 5.56 Å². The predicted octanol–water partition coefficient (Wildman–Crippen LogP) is 1.10. The van der Waals surface area contributed by atoms with Gasteiger partial charge >= 0.3 is 0 Å². The number of aromatic nitrogens is 3. The maximum Gasteiger partial charge on any atom is 0.270 e. The van der Waals surface area contributed by atoms with Gasteiger partial charge in [-0.25, -0.2) is 14.3 Å². The Labute approximate surface area is 119 Å². The van der Waals surface area contributed by atoms with E-state index in [-0.39, 0.29) is 5.56 Å². The van der Waals surface area contributed by atoms with Gasteiger partial charge in [0.1, 0.15) is 15.7 Å². The Kier molecular flexibility index (Phi) is 3.30. The molecule has 2 heterocycles. The first-order chi connectivity index (χ1) is 9.63. The molecule has 20 heavy (non-hydrogen) atoms. The van der Waals surface area contributed by atoms with E-state index in [4.69, 9.17) is 5.14 Å². The van der Waals surface area contributed by atoms with E-state index in [0.29, 0.717) is 20.4 Å². The van der Waals surface area contributed by atoms with E-state index in [1.54, 1.807) is 24.3 Å². The van der Waals surface area contributed by atoms with Gasteiger partial charge in [0.2, 0.25) is 0 Å². The summed E-state index contributed by atoms with van der Waals surface area (Å²) in [4.78, 5) is 22.8. The zero-order chi connectivity index (χ0) is 14.1. The number of hydrogen-bond donors (Lipinski definition) is 3. The molecule has 0 bridgehead atoms. The minimum Gasteiger partial charge on any atom is -0.331 e. The number of nitrogens with zero attached hydrogens (tertiary/aromatic N) is 2. The summed E-state index contributed by atoms with van der Waals surface area (Å²) in [5.74, 6) is 0. The predicted molar refractivity (Wildman–Crippen MR) is 78.4 cm³/mol. The Balaban J connectivity index is 1.91. The third-order valence-corrected chi connectivity index (χ3v) is 4.23. The van der Waals surface area contributed by atoms with E-state index in [9.17, 15) is 9.00 Å². The molecule has 1 aromatic carbocycles. The van der Waals surface area contributed by atoms with Crippen LogP contribution in [0.1, 0.15) is 0 Å². The molecule has 1 atom stereocenters. The molecule has 3 rings (SSSR count). The lowest BCUT2D eigenvalue weighted by atomic mass is 10.3. The molecule has 0 amide bonds. The minimum atomic E-state index is -1.50. The molecule has 0 spiro atoms. The van der Waals surface area contributed by atoms with Crippen LogP contribution >= 0.6 is 11.3 Å². The second-order valence-electron chi connectivity index (χ2n) is 3.85. The van der Waals surface area contributed by atoms with Crippen LogP contribution < -0.4 is 16.0 Å². The average Bonchev–Trinajstić information content (AvgIpc) is 2.83. The van der Waals surface area contributed by atoms with Gasteiger partial charge in [-0.3, -0.25) is 4.79 Å². The first-order valence-corrected chi connectivity index (χ1v) is 7.54. The zero-order valence-corrected chi connectivity index (χ0v) is 11.6. The summed E-state index contributed by atoms with van der Waals surface area (Å²) in [5.41, 5.74) is 0.949. The fourth-order valence-electron chi connectivity index (χ4n) is 1.61. The fraction of sp³-hybridized carbons (Fsp3) is 0. The van der Waals surface area contributed by atoms with Crippen molar-refractivity contribution < 1.29 is 4.21 Å². The van der Waals surface area contributed by atoms with Crippen molar-refractivity contribution in [3.63, 3.8) is 0 Å². The second-order valence-corrected chi connectivity index (χ2v) is 5.92. The van der Waals surface area contributed by atoms with Gasteiger partial charge in [-0.05, 0) is 24.3 Å². The molecule has 2 aromatic heterocycles. The Bertz CT molecular complexity index is 840. The molecular weight excluding hydrogens is 298 g/mol. The van der Waals surface area contributed by atoms with E-state index in [1.807, 2.05) is 0 Å². The van der Waals surface area contributed by atoms with Crippen LogP contribution in [0.15, 0.2) is 40.3 Å². The maximum absolute atomic E-state index is 11.6. The normalized spacial score (nSPS) is 12.4. The number of fused-ring (bicyclic) bond motifs is 1. The van der Waals surface area contributed by atoms with Crippen molar-refractivity contribution in [1.82, 2.24) is 15.0 Å². The third kappa shape index (κ3) is 2.46. The molecule has 4 N–H and O–H groups in total. The SMILES string of the molecule is NS(=O)c1ccc(Nc2nc3nc[nH]c(=O)c3s2)cc1. The number of nitrogens with one attached hydrogen (secondary N) is 2. The molecule has 3 aromatic rings. The van der Waals surface area contributed by atoms with Gasteiger partial charge in [0.15, 0.2) is 10.8 Å². The summed E-state index contributed by atoms with van der Waals surface area (Å²) < 4.78 is 11.5. The van der Waals surface area contributed by atoms with Crippen LogP contribution in [-0.4, -0.2) is 19.2 Å². The van der Waals surface area contributed by atoms with Crippen molar-refractivity contribution in [1.29, 1.82) is 0 Å². The first kappa shape index (κ1) is 12.9. The highest BCUT2D eigenvalue weighted by Crippen LogP contribution is 2.24. The van der Waals surface area contributed by atoms with Gasteiger partial charge < -0.3 is 10.3 Å². The Hall–Kier alpha value is -2.10. The van der Waals surface area contributed by atoms with E-state index in [2.05, 4.69) is 20.3 Å². The lowest BCUT2D eigenvalue weighted by Gasteiger charge is -2.02. The van der Waals surface area contributed by atoms with Gasteiger partial charge in [-0.1, -0.05) is 11.3 Å². The summed E-state index contributed by atoms with van der Waals surface area (Å²) >= 11 is 1.22. The van der Waals surface area contributed by atoms with Gasteiger partial charge in [-0.15, -0.1) is 0 Å². The Morgan fingerprint density at radius 1 is 1.30 bits per heavy atom. The number of anilines is 2. The van der Waals surface area contributed by atoms with E-state index in [0.717, 1.165) is 5.69 Å². The topological polar surface area (TPSA) is 114 Å². The molecule has 0 aliphatic heterocycles. The first-order valence-electron chi connectivity index (χ1n) is 5.51. The van der Waals surface area contributed by atoms with Crippen LogP contribution in [0.3, 0.4) is 0 Å². The van der Waals surface area contributed by atoms with E-state index < -0.39 is 11.0 Å². The van der Waals surface area contributed by atoms with Gasteiger partial charge in [-0.2, -0.15) is 4.98 Å². The lowest BCUT2D eigenvalue weighted by Crippen LogP contribution is -2.03. The third-order valence-electron chi connectivity index (χ3n) is 2.54. The van der Waals surface area contributed by atoms with Crippen molar-refractivity contribution in [2.75, 3.05) is 5.32 Å². The second kappa shape index (κ2) is 5.12. The summed E-state index contributed by atoms with van der Waals surface area (Å²) in [6.45, 7) is 0. The average molecular weight is 307 g/mol. The minimum absolute atomic E-state index is 0.213. The molecule has 0 aliphatic carbocycles. The van der Waals surface area contributed by atoms with Crippen LogP contribution in [0.2, 0.25) is 0 Å². The summed E-state index contributed by atoms with van der Waals surface area (Å²) in [7, 11) is -1.50. The smallest absolute Gasteiger partial charge is 0.270 e. The molecule has 1 unspecified atom stereocenters. The monoisotopic (exact) mass is 307 g/mol. The molecule has 0 aliphatic rings. The molecule has 102 valence electrons. The summed E-state index contributed by atoms with van der Waals surface area (Å²) in [5, 5.41) is 8.90. The number of thiazole rings is 1. The number of rotatable bonds is 3. The van der Waals surface area contributed by atoms with Gasteiger partial charge in [0.05, 0.1) is 11.2 Å². The van der Waals surface area contributed by atoms with Crippen LogP contribution in [-0.2, 0) is 11.0 Å². The highest BCUT2D eigenvalue weighted by Gasteiger charge is 2.08. The van der Waals surface area contributed by atoms with E-state index >= 15 is 0 Å². The molecule has 7 nitrogen and oxygen atoms in total. The largest absolute Gasteiger partial charge is 0.331 e. The maximum atomic E-state index is 11.6. The van der Waals surface area contributed by atoms with Crippen LogP contribution in [0.5, 0.6) is 0 Å². The van der Waals surface area contributed by atoms with Crippen molar-refractivity contribution in [3.8, 4) is 0 Å². The molecule has 0 saturated carbocycles. The molecule has 0 fully saturated rings. The molecule has 0 radical (unpaired) electrons. The van der Waals surface area contributed by atoms with Crippen LogP contribution in [0.25, 0.3) is 10.3 Å². The Morgan fingerprint density at radius 2 is 2.05 bits per heavy atom. The number of benzene rings is 1. The number of hydrogen-bond acceptors (Lipinski definition) is 6. The molecule has 9 heteroatoms. The van der Waals surface area contributed by atoms with Crippen LogP contribution in [0.4, 0.5) is 10.8 Å². The van der Waals surface area contributed by atoms with Crippen molar-refractivity contribution >= 4 is 43.5 Å². The van der Waals surface area contributed by atoms with Crippen molar-refractivity contribution in [2.24, 2.45) is 5.14 Å². The summed E-state index contributed by atoms with van der Waals surface area (Å²) in [6.07, 6.45) is 1.32. The van der Waals surface area contributed by atoms with Crippen molar-refractivity contribution in [3.05, 3.63) is 40.9 Å². The number of H-pyrrole nitrogens is 1. The standard InChI is InChI=1S/C11H9N5O2S2/c12-20(18)7-3-1-6(2-4-7)15-11-16-9-8(19-11)10(17)14-5-13-9/h1-5H,12H2,(H2,13,14,15,16,17).